The molecule has 0 saturated heterocycles. The molecule has 0 heterocycles. The summed E-state index contributed by atoms with van der Waals surface area (Å²) >= 11 is 0. The predicted octanol–water partition coefficient (Wildman–Crippen LogP) is 2.26. The Morgan fingerprint density at radius 2 is 2.00 bits per heavy atom. The highest BCUT2D eigenvalue weighted by atomic mass is 16.6. The predicted molar refractivity (Wildman–Crippen MR) is 76.5 cm³/mol. The number of rotatable bonds is 5. The van der Waals surface area contributed by atoms with Crippen LogP contribution in [0.15, 0.2) is 18.2 Å². The Labute approximate surface area is 121 Å². The van der Waals surface area contributed by atoms with Crippen molar-refractivity contribution in [2.24, 2.45) is 5.92 Å². The van der Waals surface area contributed by atoms with E-state index in [9.17, 15) is 20.0 Å². The molecule has 0 atom stereocenters. The van der Waals surface area contributed by atoms with E-state index in [4.69, 9.17) is 5.11 Å². The van der Waals surface area contributed by atoms with Gasteiger partial charge in [-0.1, -0.05) is 6.07 Å². The summed E-state index contributed by atoms with van der Waals surface area (Å²) < 4.78 is 0. The Bertz CT molecular complexity index is 506. The van der Waals surface area contributed by atoms with E-state index in [1.165, 1.54) is 18.2 Å². The van der Waals surface area contributed by atoms with Gasteiger partial charge in [-0.25, -0.2) is 4.79 Å². The van der Waals surface area contributed by atoms with E-state index < -0.39 is 10.9 Å². The summed E-state index contributed by atoms with van der Waals surface area (Å²) in [6.07, 6.45) is 2.83. The molecule has 0 unspecified atom stereocenters. The van der Waals surface area contributed by atoms with Gasteiger partial charge in [-0.15, -0.1) is 0 Å². The molecule has 21 heavy (non-hydrogen) atoms. The third-order valence-corrected chi connectivity index (χ3v) is 3.85. The first-order valence-corrected chi connectivity index (χ1v) is 6.91. The van der Waals surface area contributed by atoms with Crippen molar-refractivity contribution in [2.75, 3.05) is 11.9 Å². The molecule has 0 radical (unpaired) electrons. The number of nitro groups is 1. The lowest BCUT2D eigenvalue weighted by atomic mass is 9.87. The van der Waals surface area contributed by atoms with Gasteiger partial charge in [0.05, 0.1) is 16.6 Å². The monoisotopic (exact) mass is 294 g/mol. The quantitative estimate of drug-likeness (QED) is 0.567. The molecule has 0 bridgehead atoms. The van der Waals surface area contributed by atoms with Crippen LogP contribution in [-0.2, 0) is 0 Å². The van der Waals surface area contributed by atoms with Gasteiger partial charge in [0.15, 0.2) is 0 Å². The largest absolute Gasteiger partial charge is 0.478 e. The van der Waals surface area contributed by atoms with Gasteiger partial charge in [-0.05, 0) is 37.7 Å². The van der Waals surface area contributed by atoms with Crippen molar-refractivity contribution >= 4 is 17.3 Å². The molecule has 0 amide bonds. The molecule has 2 rings (SSSR count). The summed E-state index contributed by atoms with van der Waals surface area (Å²) in [7, 11) is 0. The van der Waals surface area contributed by atoms with E-state index in [1.54, 1.807) is 0 Å². The number of aliphatic hydroxyl groups is 1. The fraction of sp³-hybridized carbons (Fsp3) is 0.500. The molecule has 7 nitrogen and oxygen atoms in total. The zero-order valence-electron chi connectivity index (χ0n) is 11.5. The van der Waals surface area contributed by atoms with Crippen LogP contribution < -0.4 is 5.32 Å². The number of benzene rings is 1. The van der Waals surface area contributed by atoms with Crippen molar-refractivity contribution in [3.63, 3.8) is 0 Å². The molecular formula is C14H18N2O5. The van der Waals surface area contributed by atoms with Gasteiger partial charge < -0.3 is 15.5 Å². The van der Waals surface area contributed by atoms with Gasteiger partial charge in [0.2, 0.25) is 0 Å². The van der Waals surface area contributed by atoms with Crippen LogP contribution in [0.2, 0.25) is 0 Å². The number of aliphatic hydroxyl groups excluding tert-OH is 1. The van der Waals surface area contributed by atoms with Crippen LogP contribution in [0.5, 0.6) is 0 Å². The molecule has 0 aromatic heterocycles. The molecule has 1 aromatic carbocycles. The van der Waals surface area contributed by atoms with Crippen LogP contribution in [0.4, 0.5) is 11.4 Å². The lowest BCUT2D eigenvalue weighted by Gasteiger charge is -2.26. The second kappa shape index (κ2) is 6.53. The zero-order valence-corrected chi connectivity index (χ0v) is 11.5. The van der Waals surface area contributed by atoms with Crippen LogP contribution in [0.1, 0.15) is 36.0 Å². The van der Waals surface area contributed by atoms with Gasteiger partial charge in [-0.2, -0.15) is 0 Å². The molecule has 7 heteroatoms. The number of hydrogen-bond donors (Lipinski definition) is 3. The number of anilines is 1. The van der Waals surface area contributed by atoms with Crippen molar-refractivity contribution in [2.45, 2.75) is 31.8 Å². The molecule has 3 N–H and O–H groups in total. The first kappa shape index (κ1) is 15.2. The van der Waals surface area contributed by atoms with Crippen molar-refractivity contribution in [3.8, 4) is 0 Å². The Kier molecular flexibility index (Phi) is 4.74. The van der Waals surface area contributed by atoms with Crippen LogP contribution in [0, 0.1) is 16.0 Å². The minimum Gasteiger partial charge on any atom is -0.478 e. The van der Waals surface area contributed by atoms with Gasteiger partial charge in [0.1, 0.15) is 5.69 Å². The highest BCUT2D eigenvalue weighted by Crippen LogP contribution is 2.30. The van der Waals surface area contributed by atoms with E-state index in [-0.39, 0.29) is 29.0 Å². The Balaban J connectivity index is 2.14. The molecule has 1 aliphatic rings. The van der Waals surface area contributed by atoms with Crippen molar-refractivity contribution in [1.29, 1.82) is 0 Å². The number of para-hydroxylation sites is 1. The number of carboxylic acids is 1. The smallest absolute Gasteiger partial charge is 0.338 e. The SMILES string of the molecule is O=C(O)c1cccc([N+](=O)[O-])c1NCC1CCC(O)CC1. The molecule has 114 valence electrons. The molecule has 0 aliphatic heterocycles. The summed E-state index contributed by atoms with van der Waals surface area (Å²) in [5, 5.41) is 32.6. The average molecular weight is 294 g/mol. The molecule has 0 spiro atoms. The van der Waals surface area contributed by atoms with Crippen molar-refractivity contribution in [3.05, 3.63) is 33.9 Å². The van der Waals surface area contributed by atoms with Crippen LogP contribution >= 0.6 is 0 Å². The Morgan fingerprint density at radius 1 is 1.33 bits per heavy atom. The maximum absolute atomic E-state index is 11.2. The Hall–Kier alpha value is -2.15. The first-order chi connectivity index (χ1) is 9.99. The van der Waals surface area contributed by atoms with Crippen LogP contribution in [0.25, 0.3) is 0 Å². The Morgan fingerprint density at radius 3 is 2.57 bits per heavy atom. The fourth-order valence-electron chi connectivity index (χ4n) is 2.65. The topological polar surface area (TPSA) is 113 Å². The van der Waals surface area contributed by atoms with E-state index in [0.29, 0.717) is 6.54 Å². The number of carboxylic acid groups (broad SMARTS) is 1. The number of nitrogens with one attached hydrogen (secondary N) is 1. The maximum Gasteiger partial charge on any atom is 0.338 e. The van der Waals surface area contributed by atoms with E-state index in [0.717, 1.165) is 25.7 Å². The number of aromatic carboxylic acids is 1. The highest BCUT2D eigenvalue weighted by Gasteiger charge is 2.24. The normalized spacial score (nSPS) is 21.8. The summed E-state index contributed by atoms with van der Waals surface area (Å²) in [6, 6.07) is 4.01. The summed E-state index contributed by atoms with van der Waals surface area (Å²) in [5.74, 6) is -0.907. The summed E-state index contributed by atoms with van der Waals surface area (Å²) in [4.78, 5) is 21.6. The van der Waals surface area contributed by atoms with Crippen LogP contribution in [-0.4, -0.2) is 33.8 Å². The van der Waals surface area contributed by atoms with E-state index >= 15 is 0 Å². The zero-order chi connectivity index (χ0) is 15.4. The third-order valence-electron chi connectivity index (χ3n) is 3.85. The van der Waals surface area contributed by atoms with Crippen molar-refractivity contribution in [1.82, 2.24) is 0 Å². The van der Waals surface area contributed by atoms with Gasteiger partial charge in [-0.3, -0.25) is 10.1 Å². The number of nitrogens with zero attached hydrogens (tertiary/aromatic N) is 1. The molecule has 1 saturated carbocycles. The maximum atomic E-state index is 11.2. The van der Waals surface area contributed by atoms with Gasteiger partial charge in [0.25, 0.3) is 5.69 Å². The lowest BCUT2D eigenvalue weighted by Crippen LogP contribution is -2.24. The van der Waals surface area contributed by atoms with Gasteiger partial charge in [0, 0.05) is 12.6 Å². The van der Waals surface area contributed by atoms with Crippen LogP contribution in [0.3, 0.4) is 0 Å². The van der Waals surface area contributed by atoms with Crippen molar-refractivity contribution < 1.29 is 19.9 Å². The average Bonchev–Trinajstić information content (AvgIpc) is 2.46. The minimum absolute atomic E-state index is 0.0566. The number of hydrogen-bond acceptors (Lipinski definition) is 5. The lowest BCUT2D eigenvalue weighted by molar-refractivity contribution is -0.384. The molecular weight excluding hydrogens is 276 g/mol. The molecule has 1 fully saturated rings. The fourth-order valence-corrected chi connectivity index (χ4v) is 2.65. The molecule has 1 aromatic rings. The molecule has 1 aliphatic carbocycles. The van der Waals surface area contributed by atoms with E-state index in [1.807, 2.05) is 0 Å². The standard InChI is InChI=1S/C14H18N2O5/c17-10-6-4-9(5-7-10)8-15-13-11(14(18)19)2-1-3-12(13)16(20)21/h1-3,9-10,15,17H,4-8H2,(H,18,19). The number of nitro benzene ring substituents is 1. The first-order valence-electron chi connectivity index (χ1n) is 6.91. The van der Waals surface area contributed by atoms with E-state index in [2.05, 4.69) is 5.32 Å². The minimum atomic E-state index is -1.19. The number of carbonyl (C=O) groups is 1. The summed E-state index contributed by atoms with van der Waals surface area (Å²) in [5.41, 5.74) is -0.271. The van der Waals surface area contributed by atoms with Gasteiger partial charge >= 0.3 is 5.97 Å². The summed E-state index contributed by atoms with van der Waals surface area (Å²) in [6.45, 7) is 0.470. The second-order valence-electron chi connectivity index (χ2n) is 5.32. The highest BCUT2D eigenvalue weighted by molar-refractivity contribution is 5.96. The second-order valence-corrected chi connectivity index (χ2v) is 5.32. The third kappa shape index (κ3) is 3.69.